The van der Waals surface area contributed by atoms with Gasteiger partial charge in [0.15, 0.2) is 11.5 Å². The molecule has 2 fully saturated rings. The fourth-order valence-electron chi connectivity index (χ4n) is 6.24. The smallest absolute Gasteiger partial charge is 0.320 e. The van der Waals surface area contributed by atoms with Gasteiger partial charge in [0.2, 0.25) is 0 Å². The number of β-amino-alcohol motifs (C(OH)–C–C–N with tert-alkyl or cyclic N) is 1. The molecular weight excluding hydrogens is 572 g/mol. The molecule has 2 saturated heterocycles. The number of nitrogen functional groups attached to an aromatic ring is 1. The van der Waals surface area contributed by atoms with E-state index in [1.165, 1.54) is 0 Å². The molecule has 2 amide bonds. The summed E-state index contributed by atoms with van der Waals surface area (Å²) in [5.41, 5.74) is 9.79. The van der Waals surface area contributed by atoms with Gasteiger partial charge in [-0.2, -0.15) is 0 Å². The third-order valence-corrected chi connectivity index (χ3v) is 8.77. The van der Waals surface area contributed by atoms with E-state index in [9.17, 15) is 19.8 Å². The molecule has 228 valence electrons. The minimum atomic E-state index is -1.32. The van der Waals surface area contributed by atoms with Crippen molar-refractivity contribution in [2.45, 2.75) is 24.9 Å². The quantitative estimate of drug-likeness (QED) is 0.270. The number of carboxylic acids is 1. The number of hydrogen-bond acceptors (Lipinski definition) is 8. The van der Waals surface area contributed by atoms with Crippen LogP contribution in [0, 0.1) is 5.92 Å². The average molecular weight is 605 g/mol. The number of aromatic nitrogens is 5. The van der Waals surface area contributed by atoms with Crippen LogP contribution in [0.1, 0.15) is 25.0 Å². The summed E-state index contributed by atoms with van der Waals surface area (Å²) in [7, 11) is 0. The lowest BCUT2D eigenvalue weighted by molar-refractivity contribution is -0.143. The second kappa shape index (κ2) is 11.3. The number of nitrogens with zero attached hydrogens (tertiary/aromatic N) is 7. The number of imidazole rings is 1. The van der Waals surface area contributed by atoms with Crippen molar-refractivity contribution in [2.75, 3.05) is 31.9 Å². The van der Waals surface area contributed by atoms with Crippen LogP contribution < -0.4 is 5.73 Å². The van der Waals surface area contributed by atoms with Gasteiger partial charge in [-0.05, 0) is 49.2 Å². The van der Waals surface area contributed by atoms with Gasteiger partial charge in [-0.3, -0.25) is 14.3 Å². The minimum Gasteiger partial charge on any atom is -0.481 e. The molecule has 12 heteroatoms. The standard InChI is InChI=1S/C33H32N8O4/c34-28-24(7-4-15-35-28)29-38-26-10-9-25(21-5-2-1-3-6-21)37-30(26)41(29)23-8-11-27(36-19-23)33(45)14-18-40(20-33)32(44)39-16-12-22(13-17-39)31(42)43/h1-11,15,19,22,45H,12-14,16-18,20H2,(H2,34,35)(H,42,43). The molecule has 4 aromatic heterocycles. The molecule has 0 spiro atoms. The number of anilines is 1. The lowest BCUT2D eigenvalue weighted by Crippen LogP contribution is -2.47. The van der Waals surface area contributed by atoms with Crippen LogP contribution in [-0.4, -0.2) is 82.7 Å². The first-order valence-electron chi connectivity index (χ1n) is 14.9. The molecule has 2 aliphatic heterocycles. The van der Waals surface area contributed by atoms with Crippen molar-refractivity contribution >= 4 is 29.0 Å². The number of carbonyl (C=O) groups is 2. The number of rotatable bonds is 5. The van der Waals surface area contributed by atoms with Crippen LogP contribution in [0.4, 0.5) is 10.6 Å². The van der Waals surface area contributed by atoms with Crippen LogP contribution in [0.5, 0.6) is 0 Å². The van der Waals surface area contributed by atoms with Gasteiger partial charge in [0.05, 0.1) is 41.3 Å². The highest BCUT2D eigenvalue weighted by molar-refractivity contribution is 5.84. The van der Waals surface area contributed by atoms with Crippen LogP contribution >= 0.6 is 0 Å². The molecular formula is C33H32N8O4. The number of hydrogen-bond donors (Lipinski definition) is 3. The Hall–Kier alpha value is -5.36. The lowest BCUT2D eigenvalue weighted by Gasteiger charge is -2.33. The fraction of sp³-hybridized carbons (Fsp3) is 0.273. The van der Waals surface area contributed by atoms with Gasteiger partial charge < -0.3 is 25.7 Å². The number of carboxylic acid groups (broad SMARTS) is 1. The molecule has 1 aromatic carbocycles. The molecule has 0 saturated carbocycles. The van der Waals surface area contributed by atoms with E-state index in [1.807, 2.05) is 59.2 Å². The summed E-state index contributed by atoms with van der Waals surface area (Å²) in [4.78, 5) is 46.6. The molecule has 7 rings (SSSR count). The zero-order valence-corrected chi connectivity index (χ0v) is 24.5. The normalized spacial score (nSPS) is 18.9. The lowest BCUT2D eigenvalue weighted by atomic mass is 9.97. The van der Waals surface area contributed by atoms with E-state index < -0.39 is 17.5 Å². The van der Waals surface area contributed by atoms with E-state index in [1.54, 1.807) is 34.3 Å². The summed E-state index contributed by atoms with van der Waals surface area (Å²) in [5, 5.41) is 20.9. The Morgan fingerprint density at radius 1 is 0.889 bits per heavy atom. The average Bonchev–Trinajstić information content (AvgIpc) is 3.66. The van der Waals surface area contributed by atoms with Crippen molar-refractivity contribution in [2.24, 2.45) is 5.92 Å². The Bertz CT molecular complexity index is 1890. The number of amides is 2. The molecule has 12 nitrogen and oxygen atoms in total. The van der Waals surface area contributed by atoms with Gasteiger partial charge in [-0.1, -0.05) is 30.3 Å². The molecule has 0 bridgehead atoms. The summed E-state index contributed by atoms with van der Waals surface area (Å²) >= 11 is 0. The highest BCUT2D eigenvalue weighted by Gasteiger charge is 2.42. The largest absolute Gasteiger partial charge is 0.481 e. The number of likely N-dealkylation sites (tertiary alicyclic amines) is 2. The predicted octanol–water partition coefficient (Wildman–Crippen LogP) is 3.94. The van der Waals surface area contributed by atoms with Crippen molar-refractivity contribution in [3.05, 3.63) is 84.8 Å². The van der Waals surface area contributed by atoms with Crippen molar-refractivity contribution < 1.29 is 19.8 Å². The van der Waals surface area contributed by atoms with Crippen molar-refractivity contribution in [1.82, 2.24) is 34.3 Å². The first kappa shape index (κ1) is 28.4. The van der Waals surface area contributed by atoms with Gasteiger partial charge in [-0.25, -0.2) is 19.7 Å². The topological polar surface area (TPSA) is 164 Å². The third-order valence-electron chi connectivity index (χ3n) is 8.77. The maximum Gasteiger partial charge on any atom is 0.320 e. The van der Waals surface area contributed by atoms with Gasteiger partial charge >= 0.3 is 12.0 Å². The predicted molar refractivity (Wildman–Crippen MR) is 167 cm³/mol. The summed E-state index contributed by atoms with van der Waals surface area (Å²) in [6, 6.07) is 20.8. The highest BCUT2D eigenvalue weighted by atomic mass is 16.4. The van der Waals surface area contributed by atoms with Gasteiger partial charge in [0.1, 0.15) is 16.9 Å². The number of fused-ring (bicyclic) bond motifs is 1. The Morgan fingerprint density at radius 2 is 1.69 bits per heavy atom. The third kappa shape index (κ3) is 5.22. The van der Waals surface area contributed by atoms with Crippen LogP contribution in [0.25, 0.3) is 39.5 Å². The zero-order valence-electron chi connectivity index (χ0n) is 24.5. The number of carbonyl (C=O) groups excluding carboxylic acids is 1. The van der Waals surface area contributed by atoms with E-state index in [4.69, 9.17) is 15.7 Å². The molecule has 6 heterocycles. The Balaban J connectivity index is 1.19. The Labute approximate surface area is 258 Å². The summed E-state index contributed by atoms with van der Waals surface area (Å²) < 4.78 is 1.89. The van der Waals surface area contributed by atoms with Crippen LogP contribution in [0.15, 0.2) is 79.1 Å². The number of urea groups is 1. The summed E-state index contributed by atoms with van der Waals surface area (Å²) in [5.74, 6) is -0.348. The molecule has 0 radical (unpaired) electrons. The summed E-state index contributed by atoms with van der Waals surface area (Å²) in [6.45, 7) is 1.26. The van der Waals surface area contributed by atoms with E-state index >= 15 is 0 Å². The van der Waals surface area contributed by atoms with Gasteiger partial charge in [0.25, 0.3) is 0 Å². The molecule has 1 atom stereocenters. The zero-order chi connectivity index (χ0) is 31.1. The van der Waals surface area contributed by atoms with Gasteiger partial charge in [0, 0.05) is 37.8 Å². The second-order valence-electron chi connectivity index (χ2n) is 11.6. The molecule has 4 N–H and O–H groups in total. The van der Waals surface area contributed by atoms with E-state index in [0.29, 0.717) is 78.6 Å². The van der Waals surface area contributed by atoms with Crippen molar-refractivity contribution in [3.63, 3.8) is 0 Å². The van der Waals surface area contributed by atoms with Crippen LogP contribution in [0.3, 0.4) is 0 Å². The van der Waals surface area contributed by atoms with E-state index in [-0.39, 0.29) is 12.6 Å². The minimum absolute atomic E-state index is 0.102. The Kier molecular flexibility index (Phi) is 7.13. The molecule has 1 unspecified atom stereocenters. The number of benzene rings is 1. The molecule has 45 heavy (non-hydrogen) atoms. The number of nitrogens with two attached hydrogens (primary N) is 1. The summed E-state index contributed by atoms with van der Waals surface area (Å²) in [6.07, 6.45) is 4.49. The second-order valence-corrected chi connectivity index (χ2v) is 11.6. The molecule has 2 aliphatic rings. The Morgan fingerprint density at radius 3 is 2.40 bits per heavy atom. The molecule has 0 aliphatic carbocycles. The maximum absolute atomic E-state index is 13.2. The van der Waals surface area contributed by atoms with Crippen LogP contribution in [0.2, 0.25) is 0 Å². The van der Waals surface area contributed by atoms with Gasteiger partial charge in [-0.15, -0.1) is 0 Å². The fourth-order valence-corrected chi connectivity index (χ4v) is 6.24. The number of piperidine rings is 1. The first-order valence-corrected chi connectivity index (χ1v) is 14.9. The first-order chi connectivity index (χ1) is 21.8. The van der Waals surface area contributed by atoms with E-state index in [2.05, 4.69) is 9.97 Å². The SMILES string of the molecule is Nc1ncccc1-c1nc2ccc(-c3ccccc3)nc2n1-c1ccc(C2(O)CCN(C(=O)N3CCC(C(=O)O)CC3)C2)nc1. The van der Waals surface area contributed by atoms with Crippen LogP contribution in [-0.2, 0) is 10.4 Å². The van der Waals surface area contributed by atoms with Crippen molar-refractivity contribution in [1.29, 1.82) is 0 Å². The molecule has 5 aromatic rings. The number of aliphatic hydroxyl groups is 1. The highest BCUT2D eigenvalue weighted by Crippen LogP contribution is 2.35. The number of aliphatic carboxylic acids is 1. The number of pyridine rings is 3. The van der Waals surface area contributed by atoms with E-state index in [0.717, 1.165) is 11.3 Å². The monoisotopic (exact) mass is 604 g/mol. The maximum atomic E-state index is 13.2. The van der Waals surface area contributed by atoms with Crippen molar-refractivity contribution in [3.8, 4) is 28.3 Å².